The van der Waals surface area contributed by atoms with E-state index in [1.165, 1.54) is 33.4 Å². The van der Waals surface area contributed by atoms with Crippen molar-refractivity contribution in [1.82, 2.24) is 9.13 Å². The first kappa shape index (κ1) is 22.7. The maximum atomic E-state index is 12.7. The minimum absolute atomic E-state index is 0.000882. The molecule has 0 fully saturated rings. The largest absolute Gasteiger partial charge is 0.496 e. The van der Waals surface area contributed by atoms with Crippen molar-refractivity contribution in [2.45, 2.75) is 20.4 Å². The molecule has 30 heavy (non-hydrogen) atoms. The molecule has 0 saturated heterocycles. The van der Waals surface area contributed by atoms with Gasteiger partial charge in [-0.15, -0.1) is 0 Å². The lowest BCUT2D eigenvalue weighted by Crippen LogP contribution is -2.43. The number of Topliss-reactive ketones (excluding diaryl/α,β-unsaturated/α-hetero) is 1. The molecule has 0 spiro atoms. The van der Waals surface area contributed by atoms with Crippen LogP contribution < -0.4 is 26.5 Å². The summed E-state index contributed by atoms with van der Waals surface area (Å²) in [5, 5.41) is 0. The number of esters is 1. The van der Waals surface area contributed by atoms with Crippen LogP contribution in [0.15, 0.2) is 27.8 Å². The molecule has 2 aromatic rings. The van der Waals surface area contributed by atoms with Gasteiger partial charge >= 0.3 is 11.7 Å². The van der Waals surface area contributed by atoms with Crippen LogP contribution in [0.4, 0.5) is 5.82 Å². The van der Waals surface area contributed by atoms with Crippen LogP contribution in [0.5, 0.6) is 11.5 Å². The van der Waals surface area contributed by atoms with Gasteiger partial charge in [-0.2, -0.15) is 0 Å². The Hall–Kier alpha value is -3.56. The molecule has 1 aromatic carbocycles. The molecule has 0 bridgehead atoms. The average Bonchev–Trinajstić information content (AvgIpc) is 2.72. The van der Waals surface area contributed by atoms with Crippen molar-refractivity contribution in [1.29, 1.82) is 0 Å². The summed E-state index contributed by atoms with van der Waals surface area (Å²) in [6.45, 7) is 3.19. The molecule has 0 unspecified atom stereocenters. The fourth-order valence-corrected chi connectivity index (χ4v) is 2.91. The van der Waals surface area contributed by atoms with Crippen molar-refractivity contribution < 1.29 is 23.8 Å². The number of hydrogen-bond acceptors (Lipinski definition) is 8. The van der Waals surface area contributed by atoms with Crippen molar-refractivity contribution >= 4 is 17.6 Å². The van der Waals surface area contributed by atoms with Gasteiger partial charge in [-0.25, -0.2) is 9.59 Å². The smallest absolute Gasteiger partial charge is 0.346 e. The Kier molecular flexibility index (Phi) is 7.04. The zero-order valence-electron chi connectivity index (χ0n) is 17.6. The Bertz CT molecular complexity index is 1060. The molecule has 0 aliphatic carbocycles. The van der Waals surface area contributed by atoms with E-state index < -0.39 is 35.2 Å². The summed E-state index contributed by atoms with van der Waals surface area (Å²) in [4.78, 5) is 50.0. The van der Waals surface area contributed by atoms with Crippen LogP contribution in [-0.4, -0.2) is 41.7 Å². The number of methoxy groups -OCH3 is 2. The third kappa shape index (κ3) is 4.37. The fraction of sp³-hybridized carbons (Fsp3) is 0.400. The zero-order valence-corrected chi connectivity index (χ0v) is 17.6. The quantitative estimate of drug-likeness (QED) is 0.492. The van der Waals surface area contributed by atoms with Crippen LogP contribution in [0.2, 0.25) is 0 Å². The lowest BCUT2D eigenvalue weighted by Gasteiger charge is -2.16. The van der Waals surface area contributed by atoms with Crippen molar-refractivity contribution in [3.05, 3.63) is 50.2 Å². The Morgan fingerprint density at radius 3 is 2.13 bits per heavy atom. The highest BCUT2D eigenvalue weighted by Gasteiger charge is 2.25. The first-order valence-electron chi connectivity index (χ1n) is 9.14. The number of aromatic nitrogens is 2. The van der Waals surface area contributed by atoms with E-state index in [-0.39, 0.29) is 35.3 Å². The number of ether oxygens (including phenoxy) is 3. The number of rotatable bonds is 8. The number of carbonyl (C=O) groups is 2. The number of hydrogen-bond donors (Lipinski definition) is 1. The van der Waals surface area contributed by atoms with E-state index >= 15 is 0 Å². The second kappa shape index (κ2) is 9.29. The molecule has 1 heterocycles. The van der Waals surface area contributed by atoms with E-state index in [2.05, 4.69) is 0 Å². The van der Waals surface area contributed by atoms with Crippen molar-refractivity contribution in [2.24, 2.45) is 13.0 Å². The van der Waals surface area contributed by atoms with Crippen LogP contribution >= 0.6 is 0 Å². The van der Waals surface area contributed by atoms with Crippen LogP contribution in [0.3, 0.4) is 0 Å². The second-order valence-corrected chi connectivity index (χ2v) is 6.95. The van der Waals surface area contributed by atoms with Crippen molar-refractivity contribution in [3.8, 4) is 11.5 Å². The lowest BCUT2D eigenvalue weighted by atomic mass is 10.1. The molecule has 0 saturated carbocycles. The molecule has 0 amide bonds. The summed E-state index contributed by atoms with van der Waals surface area (Å²) in [5.41, 5.74) is 4.08. The number of nitrogens with two attached hydrogens (primary N) is 1. The van der Waals surface area contributed by atoms with Gasteiger partial charge in [0.05, 0.1) is 14.2 Å². The highest BCUT2D eigenvalue weighted by Crippen LogP contribution is 2.28. The number of nitrogens with zero attached hydrogens (tertiary/aromatic N) is 2. The highest BCUT2D eigenvalue weighted by atomic mass is 16.5. The standard InChI is InChI=1S/C20H25N3O7/c1-11(2)9-23-17(21)15(18(25)22(3)20(23)27)12(24)10-30-19(26)16-13(28-4)7-6-8-14(16)29-5/h6-8,11H,9-10,21H2,1-5H3. The van der Waals surface area contributed by atoms with E-state index in [4.69, 9.17) is 19.9 Å². The summed E-state index contributed by atoms with van der Waals surface area (Å²) < 4.78 is 17.3. The van der Waals surface area contributed by atoms with Gasteiger partial charge in [0, 0.05) is 13.6 Å². The highest BCUT2D eigenvalue weighted by molar-refractivity contribution is 6.03. The summed E-state index contributed by atoms with van der Waals surface area (Å²) in [6, 6.07) is 4.70. The Balaban J connectivity index is 2.36. The van der Waals surface area contributed by atoms with Gasteiger partial charge < -0.3 is 19.9 Å². The first-order chi connectivity index (χ1) is 14.1. The van der Waals surface area contributed by atoms with Crippen molar-refractivity contribution in [3.63, 3.8) is 0 Å². The Morgan fingerprint density at radius 1 is 1.07 bits per heavy atom. The third-order valence-electron chi connectivity index (χ3n) is 4.38. The molecule has 2 N–H and O–H groups in total. The minimum atomic E-state index is -0.872. The minimum Gasteiger partial charge on any atom is -0.496 e. The summed E-state index contributed by atoms with van der Waals surface area (Å²) in [5.74, 6) is -1.51. The molecule has 10 heteroatoms. The number of nitrogen functional groups attached to an aromatic ring is 1. The van der Waals surface area contributed by atoms with Crippen molar-refractivity contribution in [2.75, 3.05) is 26.6 Å². The monoisotopic (exact) mass is 419 g/mol. The normalized spacial score (nSPS) is 10.7. The van der Waals surface area contributed by atoms with Crippen LogP contribution in [0, 0.1) is 5.92 Å². The van der Waals surface area contributed by atoms with Crippen LogP contribution in [0.25, 0.3) is 0 Å². The van der Waals surface area contributed by atoms with Gasteiger partial charge in [0.25, 0.3) is 5.56 Å². The molecule has 0 aliphatic rings. The lowest BCUT2D eigenvalue weighted by molar-refractivity contribution is 0.0467. The molecule has 1 aromatic heterocycles. The first-order valence-corrected chi connectivity index (χ1v) is 9.14. The SMILES string of the molecule is COc1cccc(OC)c1C(=O)OCC(=O)c1c(N)n(CC(C)C)c(=O)n(C)c1=O. The topological polar surface area (TPSA) is 132 Å². The molecule has 10 nitrogen and oxygen atoms in total. The molecule has 0 radical (unpaired) electrons. The van der Waals surface area contributed by atoms with Gasteiger partial charge in [-0.1, -0.05) is 19.9 Å². The predicted molar refractivity (Wildman–Crippen MR) is 109 cm³/mol. The number of anilines is 1. The van der Waals surface area contributed by atoms with Gasteiger partial charge in [0.15, 0.2) is 6.61 Å². The Morgan fingerprint density at radius 2 is 1.63 bits per heavy atom. The Labute approximate surface area is 172 Å². The maximum absolute atomic E-state index is 12.7. The zero-order chi connectivity index (χ0) is 22.6. The van der Waals surface area contributed by atoms with E-state index in [1.54, 1.807) is 6.07 Å². The average molecular weight is 419 g/mol. The molecule has 0 atom stereocenters. The van der Waals surface area contributed by atoms with E-state index in [1.807, 2.05) is 13.8 Å². The van der Waals surface area contributed by atoms with Crippen LogP contribution in [0.1, 0.15) is 34.6 Å². The fourth-order valence-electron chi connectivity index (χ4n) is 2.91. The molecule has 0 aliphatic heterocycles. The number of ketones is 1. The third-order valence-corrected chi connectivity index (χ3v) is 4.38. The summed E-state index contributed by atoms with van der Waals surface area (Å²) in [6.07, 6.45) is 0. The molecular formula is C20H25N3O7. The predicted octanol–water partition coefficient (Wildman–Crippen LogP) is 0.842. The van der Waals surface area contributed by atoms with E-state index in [0.29, 0.717) is 0 Å². The molecular weight excluding hydrogens is 394 g/mol. The van der Waals surface area contributed by atoms with Gasteiger partial charge in [0.2, 0.25) is 5.78 Å². The molecule has 162 valence electrons. The summed E-state index contributed by atoms with van der Waals surface area (Å²) in [7, 11) is 4.00. The van der Waals surface area contributed by atoms with Gasteiger partial charge in [-0.05, 0) is 18.1 Å². The second-order valence-electron chi connectivity index (χ2n) is 6.95. The number of benzene rings is 1. The number of carbonyl (C=O) groups excluding carboxylic acids is 2. The summed E-state index contributed by atoms with van der Waals surface area (Å²) >= 11 is 0. The molecule has 2 rings (SSSR count). The van der Waals surface area contributed by atoms with Crippen LogP contribution in [-0.2, 0) is 18.3 Å². The van der Waals surface area contributed by atoms with E-state index in [0.717, 1.165) is 9.13 Å². The maximum Gasteiger partial charge on any atom is 0.346 e. The van der Waals surface area contributed by atoms with Gasteiger partial charge in [-0.3, -0.25) is 18.7 Å². The van der Waals surface area contributed by atoms with Gasteiger partial charge in [0.1, 0.15) is 28.4 Å². The van der Waals surface area contributed by atoms with E-state index in [9.17, 15) is 19.2 Å².